The van der Waals surface area contributed by atoms with Gasteiger partial charge in [-0.05, 0) is 5.56 Å². The van der Waals surface area contributed by atoms with Crippen molar-refractivity contribution in [1.82, 2.24) is 9.71 Å². The molecule has 0 aliphatic heterocycles. The van der Waals surface area contributed by atoms with Crippen LogP contribution in [0.1, 0.15) is 16.6 Å². The van der Waals surface area contributed by atoms with Gasteiger partial charge >= 0.3 is 0 Å². The summed E-state index contributed by atoms with van der Waals surface area (Å²) in [5.74, 6) is 0. The minimum absolute atomic E-state index is 0.411. The van der Waals surface area contributed by atoms with E-state index >= 15 is 0 Å². The first-order valence-corrected chi connectivity index (χ1v) is 7.75. The minimum Gasteiger partial charge on any atom is -0.248 e. The summed E-state index contributed by atoms with van der Waals surface area (Å²) in [6.07, 6.45) is 2.82. The molecule has 6 heteroatoms. The molecule has 0 aliphatic carbocycles. The highest BCUT2D eigenvalue weighted by atomic mass is 32.2. The lowest BCUT2D eigenvalue weighted by Crippen LogP contribution is -2.28. The van der Waals surface area contributed by atoms with Crippen LogP contribution in [-0.4, -0.2) is 19.7 Å². The average Bonchev–Trinajstić information content (AvgIpc) is 2.79. The van der Waals surface area contributed by atoms with E-state index in [1.54, 1.807) is 6.20 Å². The van der Waals surface area contributed by atoms with E-state index in [0.29, 0.717) is 0 Å². The highest BCUT2D eigenvalue weighted by Crippen LogP contribution is 2.24. The molecule has 2 aromatic rings. The zero-order chi connectivity index (χ0) is 12.3. The smallest absolute Gasteiger partial charge is 0.209 e. The second-order valence-corrected chi connectivity index (χ2v) is 6.31. The van der Waals surface area contributed by atoms with E-state index in [0.717, 1.165) is 16.8 Å². The summed E-state index contributed by atoms with van der Waals surface area (Å²) >= 11 is 1.43. The van der Waals surface area contributed by atoms with E-state index in [-0.39, 0.29) is 0 Å². The highest BCUT2D eigenvalue weighted by Gasteiger charge is 2.19. The van der Waals surface area contributed by atoms with Gasteiger partial charge in [-0.25, -0.2) is 18.1 Å². The van der Waals surface area contributed by atoms with Crippen molar-refractivity contribution < 1.29 is 8.42 Å². The first-order chi connectivity index (χ1) is 8.06. The second-order valence-electron chi connectivity index (χ2n) is 3.60. The molecule has 90 valence electrons. The van der Waals surface area contributed by atoms with Gasteiger partial charge in [0, 0.05) is 11.6 Å². The first kappa shape index (κ1) is 12.2. The maximum atomic E-state index is 11.4. The summed E-state index contributed by atoms with van der Waals surface area (Å²) in [5, 5.41) is 2.57. The zero-order valence-electron chi connectivity index (χ0n) is 9.20. The Hall–Kier alpha value is -1.24. The summed E-state index contributed by atoms with van der Waals surface area (Å²) in [7, 11) is -3.28. The predicted molar refractivity (Wildman–Crippen MR) is 68.4 cm³/mol. The van der Waals surface area contributed by atoms with Gasteiger partial charge in [-0.2, -0.15) is 0 Å². The third kappa shape index (κ3) is 3.36. The van der Waals surface area contributed by atoms with Gasteiger partial charge in [0.2, 0.25) is 10.0 Å². The topological polar surface area (TPSA) is 59.1 Å². The van der Waals surface area contributed by atoms with Crippen LogP contribution in [0, 0.1) is 0 Å². The van der Waals surface area contributed by atoms with Crippen LogP contribution in [0.3, 0.4) is 0 Å². The molecule has 17 heavy (non-hydrogen) atoms. The molecule has 1 unspecified atom stereocenters. The van der Waals surface area contributed by atoms with Crippen LogP contribution < -0.4 is 4.72 Å². The van der Waals surface area contributed by atoms with Crippen LogP contribution in [0.4, 0.5) is 0 Å². The lowest BCUT2D eigenvalue weighted by atomic mass is 10.1. The Balaban J connectivity index is 2.38. The van der Waals surface area contributed by atoms with E-state index in [9.17, 15) is 8.42 Å². The number of benzene rings is 1. The van der Waals surface area contributed by atoms with Crippen molar-refractivity contribution in [3.8, 4) is 0 Å². The van der Waals surface area contributed by atoms with E-state index in [2.05, 4.69) is 9.71 Å². The fourth-order valence-electron chi connectivity index (χ4n) is 1.50. The normalized spacial score (nSPS) is 13.5. The fourth-order valence-corrected chi connectivity index (χ4v) is 2.96. The lowest BCUT2D eigenvalue weighted by molar-refractivity contribution is 0.578. The standard InChI is InChI=1S/C11H12N2O2S2/c1-17(14,15)13-10(11-12-7-8-16-11)9-5-3-2-4-6-9/h2-8,10,13H,1H3. The van der Waals surface area contributed by atoms with E-state index in [4.69, 9.17) is 0 Å². The molecule has 4 nitrogen and oxygen atoms in total. The maximum absolute atomic E-state index is 11.4. The number of sulfonamides is 1. The number of aromatic nitrogens is 1. The second kappa shape index (κ2) is 4.95. The highest BCUT2D eigenvalue weighted by molar-refractivity contribution is 7.88. The molecule has 1 atom stereocenters. The van der Waals surface area contributed by atoms with Crippen molar-refractivity contribution in [3.05, 3.63) is 52.5 Å². The molecular formula is C11H12N2O2S2. The Labute approximate surface area is 104 Å². The molecular weight excluding hydrogens is 256 g/mol. The van der Waals surface area contributed by atoms with Crippen molar-refractivity contribution in [2.45, 2.75) is 6.04 Å². The van der Waals surface area contributed by atoms with Crippen LogP contribution in [0.25, 0.3) is 0 Å². The average molecular weight is 268 g/mol. The number of nitrogens with zero attached hydrogens (tertiary/aromatic N) is 1. The Bertz CT molecular complexity index is 565. The van der Waals surface area contributed by atoms with Crippen molar-refractivity contribution in [3.63, 3.8) is 0 Å². The van der Waals surface area contributed by atoms with Gasteiger partial charge in [0.05, 0.1) is 12.3 Å². The van der Waals surface area contributed by atoms with Gasteiger partial charge in [0.25, 0.3) is 0 Å². The van der Waals surface area contributed by atoms with Crippen molar-refractivity contribution in [2.24, 2.45) is 0 Å². The summed E-state index contributed by atoms with van der Waals surface area (Å²) in [5.41, 5.74) is 0.882. The third-order valence-corrected chi connectivity index (χ3v) is 3.67. The van der Waals surface area contributed by atoms with Crippen LogP contribution in [0.15, 0.2) is 41.9 Å². The number of rotatable bonds is 4. The van der Waals surface area contributed by atoms with Crippen molar-refractivity contribution in [2.75, 3.05) is 6.26 Å². The molecule has 0 saturated heterocycles. The van der Waals surface area contributed by atoms with E-state index in [1.807, 2.05) is 35.7 Å². The van der Waals surface area contributed by atoms with E-state index < -0.39 is 16.1 Å². The summed E-state index contributed by atoms with van der Waals surface area (Å²) in [6, 6.07) is 8.99. The third-order valence-electron chi connectivity index (χ3n) is 2.16. The van der Waals surface area contributed by atoms with Crippen molar-refractivity contribution >= 4 is 21.4 Å². The maximum Gasteiger partial charge on any atom is 0.209 e. The molecule has 1 aromatic heterocycles. The predicted octanol–water partition coefficient (Wildman–Crippen LogP) is 1.78. The van der Waals surface area contributed by atoms with Gasteiger partial charge < -0.3 is 0 Å². The zero-order valence-corrected chi connectivity index (χ0v) is 10.8. The van der Waals surface area contributed by atoms with Gasteiger partial charge in [-0.15, -0.1) is 11.3 Å². The molecule has 0 spiro atoms. The van der Waals surface area contributed by atoms with Crippen molar-refractivity contribution in [1.29, 1.82) is 0 Å². The van der Waals surface area contributed by atoms with Gasteiger partial charge in [-0.1, -0.05) is 30.3 Å². The molecule has 0 radical (unpaired) electrons. The Morgan fingerprint density at radius 2 is 2.00 bits per heavy atom. The molecule has 0 aliphatic rings. The molecule has 0 bridgehead atoms. The number of thiazole rings is 1. The molecule has 1 heterocycles. The van der Waals surface area contributed by atoms with Crippen LogP contribution in [-0.2, 0) is 10.0 Å². The van der Waals surface area contributed by atoms with Crippen LogP contribution >= 0.6 is 11.3 Å². The van der Waals surface area contributed by atoms with Gasteiger partial charge in [-0.3, -0.25) is 0 Å². The number of nitrogens with one attached hydrogen (secondary N) is 1. The van der Waals surface area contributed by atoms with Crippen LogP contribution in [0.2, 0.25) is 0 Å². The monoisotopic (exact) mass is 268 g/mol. The SMILES string of the molecule is CS(=O)(=O)NC(c1ccccc1)c1nccs1. The summed E-state index contributed by atoms with van der Waals surface area (Å²) < 4.78 is 25.3. The lowest BCUT2D eigenvalue weighted by Gasteiger charge is -2.15. The molecule has 1 N–H and O–H groups in total. The molecule has 1 aromatic carbocycles. The van der Waals surface area contributed by atoms with Gasteiger partial charge in [0.15, 0.2) is 0 Å². The Morgan fingerprint density at radius 1 is 1.29 bits per heavy atom. The summed E-state index contributed by atoms with van der Waals surface area (Å²) in [4.78, 5) is 4.17. The Morgan fingerprint density at radius 3 is 2.53 bits per heavy atom. The molecule has 2 rings (SSSR count). The largest absolute Gasteiger partial charge is 0.248 e. The molecule has 0 amide bonds. The van der Waals surface area contributed by atoms with E-state index in [1.165, 1.54) is 11.3 Å². The minimum atomic E-state index is -3.28. The number of hydrogen-bond donors (Lipinski definition) is 1. The molecule has 0 saturated carbocycles. The number of hydrogen-bond acceptors (Lipinski definition) is 4. The first-order valence-electron chi connectivity index (χ1n) is 4.98. The quantitative estimate of drug-likeness (QED) is 0.919. The van der Waals surface area contributed by atoms with Gasteiger partial charge in [0.1, 0.15) is 5.01 Å². The fraction of sp³-hybridized carbons (Fsp3) is 0.182. The van der Waals surface area contributed by atoms with Crippen LogP contribution in [0.5, 0.6) is 0 Å². The summed E-state index contributed by atoms with van der Waals surface area (Å²) in [6.45, 7) is 0. The Kier molecular flexibility index (Phi) is 3.56. The molecule has 0 fully saturated rings.